The normalized spacial score (nSPS) is 29.4. The van der Waals surface area contributed by atoms with Crippen molar-refractivity contribution in [3.05, 3.63) is 0 Å². The van der Waals surface area contributed by atoms with Gasteiger partial charge < -0.3 is 5.11 Å². The number of aliphatic hydroxyl groups is 1. The predicted octanol–water partition coefficient (Wildman–Crippen LogP) is 1.58. The third kappa shape index (κ3) is 1.70. The molecule has 0 aromatic rings. The van der Waals surface area contributed by atoms with Gasteiger partial charge >= 0.3 is 0 Å². The summed E-state index contributed by atoms with van der Waals surface area (Å²) in [6.45, 7) is 5.13. The smallest absolute Gasteiger partial charge is 0.0565 e. The van der Waals surface area contributed by atoms with E-state index in [0.717, 1.165) is 0 Å². The van der Waals surface area contributed by atoms with Gasteiger partial charge in [0.1, 0.15) is 0 Å². The molecule has 0 radical (unpaired) electrons. The fourth-order valence-corrected chi connectivity index (χ4v) is 3.47. The van der Waals surface area contributed by atoms with E-state index in [0.29, 0.717) is 23.3 Å². The zero-order chi connectivity index (χ0) is 10.2. The lowest BCUT2D eigenvalue weighted by Gasteiger charge is -2.58. The first-order valence-corrected chi connectivity index (χ1v) is 6.87. The molecule has 1 aliphatic carbocycles. The van der Waals surface area contributed by atoms with Gasteiger partial charge in [0.25, 0.3) is 0 Å². The van der Waals surface area contributed by atoms with Crippen molar-refractivity contribution < 1.29 is 5.11 Å². The molecule has 14 heavy (non-hydrogen) atoms. The molecule has 1 spiro atoms. The van der Waals surface area contributed by atoms with Gasteiger partial charge in [0, 0.05) is 24.4 Å². The standard InChI is InChI=1S/C11H21NOS/c1-9(10(6-13)14-2)12-7-11(8-12)4-3-5-11/h9-10,13H,3-8H2,1-2H3. The minimum atomic E-state index is 0.311. The van der Waals surface area contributed by atoms with Crippen molar-refractivity contribution >= 4 is 11.8 Å². The van der Waals surface area contributed by atoms with E-state index in [-0.39, 0.29) is 0 Å². The van der Waals surface area contributed by atoms with E-state index in [1.165, 1.54) is 32.4 Å². The summed E-state index contributed by atoms with van der Waals surface area (Å²) >= 11 is 1.79. The average molecular weight is 215 g/mol. The highest BCUT2D eigenvalue weighted by molar-refractivity contribution is 7.99. The lowest BCUT2D eigenvalue weighted by Crippen LogP contribution is -2.63. The van der Waals surface area contributed by atoms with Crippen LogP contribution in [0.2, 0.25) is 0 Å². The molecule has 0 aromatic heterocycles. The summed E-state index contributed by atoms with van der Waals surface area (Å²) in [6, 6.07) is 0.543. The minimum Gasteiger partial charge on any atom is -0.395 e. The number of aliphatic hydroxyl groups excluding tert-OH is 1. The highest BCUT2D eigenvalue weighted by Crippen LogP contribution is 2.49. The molecule has 3 heteroatoms. The van der Waals surface area contributed by atoms with E-state index in [1.54, 1.807) is 11.8 Å². The number of nitrogens with zero attached hydrogens (tertiary/aromatic N) is 1. The van der Waals surface area contributed by atoms with Gasteiger partial charge in [-0.1, -0.05) is 6.42 Å². The second-order valence-corrected chi connectivity index (χ2v) is 6.03. The molecule has 1 saturated heterocycles. The lowest BCUT2D eigenvalue weighted by atomic mass is 9.63. The maximum absolute atomic E-state index is 9.22. The molecular formula is C11H21NOS. The van der Waals surface area contributed by atoms with Crippen LogP contribution in [0.15, 0.2) is 0 Å². The summed E-state index contributed by atoms with van der Waals surface area (Å²) in [7, 11) is 0. The van der Waals surface area contributed by atoms with Gasteiger partial charge in [0.2, 0.25) is 0 Å². The Morgan fingerprint density at radius 3 is 2.43 bits per heavy atom. The monoisotopic (exact) mass is 215 g/mol. The Morgan fingerprint density at radius 2 is 2.07 bits per heavy atom. The number of hydrogen-bond donors (Lipinski definition) is 1. The zero-order valence-corrected chi connectivity index (χ0v) is 10.0. The molecule has 0 bridgehead atoms. The number of hydrogen-bond acceptors (Lipinski definition) is 3. The molecule has 82 valence electrons. The summed E-state index contributed by atoms with van der Waals surface area (Å²) in [6.07, 6.45) is 6.42. The molecule has 2 nitrogen and oxygen atoms in total. The Kier molecular flexibility index (Phi) is 3.10. The first-order valence-electron chi connectivity index (χ1n) is 5.58. The summed E-state index contributed by atoms with van der Waals surface area (Å²) < 4.78 is 0. The molecule has 0 aromatic carbocycles. The number of rotatable bonds is 4. The van der Waals surface area contributed by atoms with Gasteiger partial charge in [0.15, 0.2) is 0 Å². The topological polar surface area (TPSA) is 23.5 Å². The fourth-order valence-electron chi connectivity index (χ4n) is 2.76. The first-order chi connectivity index (χ1) is 6.71. The summed E-state index contributed by atoms with van der Waals surface area (Å²) in [4.78, 5) is 2.54. The Hall–Kier alpha value is 0.270. The van der Waals surface area contributed by atoms with E-state index in [4.69, 9.17) is 0 Å². The molecule has 0 amide bonds. The fraction of sp³-hybridized carbons (Fsp3) is 1.00. The van der Waals surface area contributed by atoms with Crippen LogP contribution in [0.1, 0.15) is 26.2 Å². The van der Waals surface area contributed by atoms with Gasteiger partial charge in [-0.3, -0.25) is 4.90 Å². The van der Waals surface area contributed by atoms with Crippen molar-refractivity contribution in [2.24, 2.45) is 5.41 Å². The maximum Gasteiger partial charge on any atom is 0.0565 e. The third-order valence-electron chi connectivity index (χ3n) is 4.09. The van der Waals surface area contributed by atoms with Crippen molar-refractivity contribution in [1.29, 1.82) is 0 Å². The molecular weight excluding hydrogens is 194 g/mol. The molecule has 1 aliphatic heterocycles. The van der Waals surface area contributed by atoms with Crippen molar-refractivity contribution in [1.82, 2.24) is 4.90 Å². The van der Waals surface area contributed by atoms with E-state index in [2.05, 4.69) is 18.1 Å². The van der Waals surface area contributed by atoms with Crippen LogP contribution in [-0.2, 0) is 0 Å². The average Bonchev–Trinajstić information content (AvgIpc) is 2.01. The Labute approximate surface area is 91.1 Å². The Bertz CT molecular complexity index is 193. The molecule has 2 rings (SSSR count). The largest absolute Gasteiger partial charge is 0.395 e. The SMILES string of the molecule is CSC(CO)C(C)N1CC2(CCC2)C1. The van der Waals surface area contributed by atoms with Crippen LogP contribution in [0.25, 0.3) is 0 Å². The molecule has 1 N–H and O–H groups in total. The van der Waals surface area contributed by atoms with Gasteiger partial charge in [-0.25, -0.2) is 0 Å². The van der Waals surface area contributed by atoms with Gasteiger partial charge in [0.05, 0.1) is 6.61 Å². The van der Waals surface area contributed by atoms with Crippen LogP contribution in [0.5, 0.6) is 0 Å². The van der Waals surface area contributed by atoms with Crippen molar-refractivity contribution in [3.8, 4) is 0 Å². The quantitative estimate of drug-likeness (QED) is 0.770. The van der Waals surface area contributed by atoms with Crippen LogP contribution in [0.3, 0.4) is 0 Å². The van der Waals surface area contributed by atoms with E-state index >= 15 is 0 Å². The predicted molar refractivity (Wildman–Crippen MR) is 61.7 cm³/mol. The molecule has 2 fully saturated rings. The van der Waals surface area contributed by atoms with Gasteiger partial charge in [-0.2, -0.15) is 11.8 Å². The second kappa shape index (κ2) is 4.03. The van der Waals surface area contributed by atoms with Crippen LogP contribution in [0.4, 0.5) is 0 Å². The summed E-state index contributed by atoms with van der Waals surface area (Å²) in [5, 5.41) is 9.61. The molecule has 2 atom stereocenters. The van der Waals surface area contributed by atoms with Crippen molar-refractivity contribution in [2.75, 3.05) is 26.0 Å². The second-order valence-electron chi connectivity index (χ2n) is 4.96. The van der Waals surface area contributed by atoms with Crippen LogP contribution in [-0.4, -0.2) is 47.3 Å². The molecule has 2 unspecified atom stereocenters. The van der Waals surface area contributed by atoms with Crippen LogP contribution in [0, 0.1) is 5.41 Å². The first kappa shape index (κ1) is 10.8. The number of likely N-dealkylation sites (tertiary alicyclic amines) is 1. The lowest BCUT2D eigenvalue weighted by molar-refractivity contribution is -0.0812. The minimum absolute atomic E-state index is 0.311. The molecule has 2 aliphatic rings. The summed E-state index contributed by atoms with van der Waals surface area (Å²) in [5.41, 5.74) is 0.715. The Morgan fingerprint density at radius 1 is 1.43 bits per heavy atom. The van der Waals surface area contributed by atoms with Crippen LogP contribution >= 0.6 is 11.8 Å². The van der Waals surface area contributed by atoms with Gasteiger partial charge in [-0.05, 0) is 31.4 Å². The maximum atomic E-state index is 9.22. The zero-order valence-electron chi connectivity index (χ0n) is 9.20. The van der Waals surface area contributed by atoms with Crippen molar-refractivity contribution in [3.63, 3.8) is 0 Å². The third-order valence-corrected chi connectivity index (χ3v) is 5.24. The molecule has 1 heterocycles. The van der Waals surface area contributed by atoms with E-state index in [9.17, 15) is 5.11 Å². The highest BCUT2D eigenvalue weighted by atomic mass is 32.2. The van der Waals surface area contributed by atoms with E-state index in [1.807, 2.05) is 0 Å². The van der Waals surface area contributed by atoms with Crippen molar-refractivity contribution in [2.45, 2.75) is 37.5 Å². The Balaban J connectivity index is 1.79. The van der Waals surface area contributed by atoms with Crippen LogP contribution < -0.4 is 0 Å². The van der Waals surface area contributed by atoms with Gasteiger partial charge in [-0.15, -0.1) is 0 Å². The van der Waals surface area contributed by atoms with E-state index < -0.39 is 0 Å². The number of thioether (sulfide) groups is 1. The molecule has 1 saturated carbocycles. The highest BCUT2D eigenvalue weighted by Gasteiger charge is 2.49. The summed E-state index contributed by atoms with van der Waals surface area (Å²) in [5.74, 6) is 0.